The molecule has 70 valence electrons. The Balaban J connectivity index is 2.33. The number of hydrogen-bond donors (Lipinski definition) is 4. The summed E-state index contributed by atoms with van der Waals surface area (Å²) in [4.78, 5) is 21.7. The van der Waals surface area contributed by atoms with E-state index in [4.69, 9.17) is 5.11 Å². The molecule has 1 atom stereocenters. The monoisotopic (exact) mass is 183 g/mol. The van der Waals surface area contributed by atoms with E-state index < -0.39 is 12.0 Å². The number of fused-ring (bicyclic) bond motifs is 1. The van der Waals surface area contributed by atoms with E-state index in [1.54, 1.807) is 0 Å². The summed E-state index contributed by atoms with van der Waals surface area (Å²) in [5.41, 5.74) is 1.08. The Hall–Kier alpha value is -1.56. The molecule has 2 heterocycles. The SMILES string of the molecule is O=C(O)[C@@H]1Cc2c([nH][nH]c2=O)CN1. The molecule has 0 spiro atoms. The van der Waals surface area contributed by atoms with Gasteiger partial charge in [0.1, 0.15) is 6.04 Å². The van der Waals surface area contributed by atoms with Crippen LogP contribution in [-0.4, -0.2) is 27.3 Å². The first-order chi connectivity index (χ1) is 6.18. The molecular formula is C7H9N3O3. The molecule has 1 aromatic heterocycles. The van der Waals surface area contributed by atoms with Gasteiger partial charge in [-0.15, -0.1) is 0 Å². The second-order valence-electron chi connectivity index (χ2n) is 3.01. The normalized spacial score (nSPS) is 21.1. The topological polar surface area (TPSA) is 98.0 Å². The Kier molecular flexibility index (Phi) is 1.70. The summed E-state index contributed by atoms with van der Waals surface area (Å²) in [5, 5.41) is 16.6. The van der Waals surface area contributed by atoms with Crippen LogP contribution >= 0.6 is 0 Å². The zero-order valence-corrected chi connectivity index (χ0v) is 6.76. The highest BCUT2D eigenvalue weighted by atomic mass is 16.4. The van der Waals surface area contributed by atoms with Crippen LogP contribution in [0.4, 0.5) is 0 Å². The quantitative estimate of drug-likeness (QED) is 0.439. The number of carboxylic acids is 1. The summed E-state index contributed by atoms with van der Waals surface area (Å²) in [6.45, 7) is 0.394. The summed E-state index contributed by atoms with van der Waals surface area (Å²) < 4.78 is 0. The third kappa shape index (κ3) is 1.25. The zero-order chi connectivity index (χ0) is 9.42. The molecule has 0 saturated carbocycles. The molecule has 0 unspecified atom stereocenters. The number of carboxylic acid groups (broad SMARTS) is 1. The van der Waals surface area contributed by atoms with Gasteiger partial charge in [0.25, 0.3) is 5.56 Å². The van der Waals surface area contributed by atoms with Gasteiger partial charge >= 0.3 is 5.97 Å². The molecule has 0 saturated heterocycles. The van der Waals surface area contributed by atoms with Gasteiger partial charge in [0.2, 0.25) is 0 Å². The van der Waals surface area contributed by atoms with Crippen LogP contribution in [-0.2, 0) is 17.8 Å². The maximum Gasteiger partial charge on any atom is 0.321 e. The predicted molar refractivity (Wildman–Crippen MR) is 43.4 cm³/mol. The van der Waals surface area contributed by atoms with Gasteiger partial charge in [-0.2, -0.15) is 0 Å². The van der Waals surface area contributed by atoms with Crippen LogP contribution in [0.15, 0.2) is 4.79 Å². The first-order valence-corrected chi connectivity index (χ1v) is 3.93. The van der Waals surface area contributed by atoms with Crippen molar-refractivity contribution in [3.63, 3.8) is 0 Å². The van der Waals surface area contributed by atoms with Crippen LogP contribution in [0.5, 0.6) is 0 Å². The number of aliphatic carboxylic acids is 1. The van der Waals surface area contributed by atoms with Gasteiger partial charge in [0, 0.05) is 18.5 Å². The van der Waals surface area contributed by atoms with Crippen molar-refractivity contribution < 1.29 is 9.90 Å². The maximum absolute atomic E-state index is 11.1. The van der Waals surface area contributed by atoms with Gasteiger partial charge in [-0.05, 0) is 0 Å². The number of nitrogens with one attached hydrogen (secondary N) is 3. The van der Waals surface area contributed by atoms with Crippen LogP contribution < -0.4 is 10.9 Å². The van der Waals surface area contributed by atoms with Crippen molar-refractivity contribution in [2.45, 2.75) is 19.0 Å². The second-order valence-corrected chi connectivity index (χ2v) is 3.01. The number of aromatic amines is 2. The van der Waals surface area contributed by atoms with E-state index in [2.05, 4.69) is 15.5 Å². The highest BCUT2D eigenvalue weighted by Gasteiger charge is 2.26. The summed E-state index contributed by atoms with van der Waals surface area (Å²) >= 11 is 0. The molecule has 1 aliphatic rings. The van der Waals surface area contributed by atoms with Crippen molar-refractivity contribution in [2.24, 2.45) is 0 Å². The lowest BCUT2D eigenvalue weighted by atomic mass is 10.0. The maximum atomic E-state index is 11.1. The predicted octanol–water partition coefficient (Wildman–Crippen LogP) is -1.20. The van der Waals surface area contributed by atoms with Crippen molar-refractivity contribution in [2.75, 3.05) is 0 Å². The lowest BCUT2D eigenvalue weighted by Gasteiger charge is -2.18. The molecule has 0 radical (unpaired) electrons. The van der Waals surface area contributed by atoms with E-state index in [1.807, 2.05) is 0 Å². The lowest BCUT2D eigenvalue weighted by molar-refractivity contribution is -0.139. The van der Waals surface area contributed by atoms with Gasteiger partial charge in [-0.1, -0.05) is 0 Å². The fourth-order valence-corrected chi connectivity index (χ4v) is 1.46. The average Bonchev–Trinajstić information content (AvgIpc) is 2.47. The largest absolute Gasteiger partial charge is 0.480 e. The van der Waals surface area contributed by atoms with Crippen molar-refractivity contribution in [3.05, 3.63) is 21.6 Å². The van der Waals surface area contributed by atoms with Crippen LogP contribution in [0.25, 0.3) is 0 Å². The third-order valence-corrected chi connectivity index (χ3v) is 2.20. The first-order valence-electron chi connectivity index (χ1n) is 3.93. The third-order valence-electron chi connectivity index (χ3n) is 2.20. The van der Waals surface area contributed by atoms with E-state index in [1.165, 1.54) is 0 Å². The van der Waals surface area contributed by atoms with Gasteiger partial charge in [0.15, 0.2) is 0 Å². The number of aromatic nitrogens is 2. The van der Waals surface area contributed by atoms with Crippen molar-refractivity contribution in [1.82, 2.24) is 15.5 Å². The van der Waals surface area contributed by atoms with E-state index >= 15 is 0 Å². The highest BCUT2D eigenvalue weighted by molar-refractivity contribution is 5.74. The van der Waals surface area contributed by atoms with Crippen LogP contribution in [0.2, 0.25) is 0 Å². The highest BCUT2D eigenvalue weighted by Crippen LogP contribution is 2.09. The standard InChI is InChI=1S/C7H9N3O3/c11-6-3-1-4(7(12)13)8-2-5(3)9-10-6/h4,8H,1-2H2,(H,12,13)(H2,9,10,11)/t4-/m0/s1. The fourth-order valence-electron chi connectivity index (χ4n) is 1.46. The van der Waals surface area contributed by atoms with E-state index in [0.29, 0.717) is 12.1 Å². The first kappa shape index (κ1) is 8.06. The van der Waals surface area contributed by atoms with E-state index in [-0.39, 0.29) is 12.0 Å². The van der Waals surface area contributed by atoms with E-state index in [0.717, 1.165) is 5.69 Å². The number of carbonyl (C=O) groups is 1. The van der Waals surface area contributed by atoms with Crippen LogP contribution in [0.3, 0.4) is 0 Å². The Morgan fingerprint density at radius 2 is 2.23 bits per heavy atom. The van der Waals surface area contributed by atoms with Gasteiger partial charge in [-0.25, -0.2) is 0 Å². The Labute approximate surface area is 72.9 Å². The van der Waals surface area contributed by atoms with Crippen molar-refractivity contribution in [1.29, 1.82) is 0 Å². The van der Waals surface area contributed by atoms with Gasteiger partial charge in [0.05, 0.1) is 5.69 Å². The summed E-state index contributed by atoms with van der Waals surface area (Å²) in [5.74, 6) is -0.925. The minimum absolute atomic E-state index is 0.220. The van der Waals surface area contributed by atoms with Crippen LogP contribution in [0, 0.1) is 0 Å². The van der Waals surface area contributed by atoms with Crippen molar-refractivity contribution >= 4 is 5.97 Å². The molecule has 2 rings (SSSR count). The minimum atomic E-state index is -0.925. The molecule has 4 N–H and O–H groups in total. The smallest absolute Gasteiger partial charge is 0.321 e. The summed E-state index contributed by atoms with van der Waals surface area (Å²) in [7, 11) is 0. The molecule has 0 aromatic carbocycles. The Morgan fingerprint density at radius 3 is 2.92 bits per heavy atom. The zero-order valence-electron chi connectivity index (χ0n) is 6.76. The average molecular weight is 183 g/mol. The van der Waals surface area contributed by atoms with Crippen LogP contribution in [0.1, 0.15) is 11.3 Å². The van der Waals surface area contributed by atoms with Crippen molar-refractivity contribution in [3.8, 4) is 0 Å². The Bertz CT molecular complexity index is 392. The number of rotatable bonds is 1. The summed E-state index contributed by atoms with van der Waals surface area (Å²) in [6, 6.07) is -0.649. The molecule has 0 amide bonds. The molecule has 6 nitrogen and oxygen atoms in total. The molecule has 13 heavy (non-hydrogen) atoms. The Morgan fingerprint density at radius 1 is 1.46 bits per heavy atom. The molecular weight excluding hydrogens is 174 g/mol. The number of hydrogen-bond acceptors (Lipinski definition) is 3. The van der Waals surface area contributed by atoms with Gasteiger partial charge in [-0.3, -0.25) is 20.0 Å². The molecule has 1 aromatic rings. The van der Waals surface area contributed by atoms with E-state index in [9.17, 15) is 9.59 Å². The number of H-pyrrole nitrogens is 2. The summed E-state index contributed by atoms with van der Waals surface area (Å²) in [6.07, 6.45) is 0.240. The lowest BCUT2D eigenvalue weighted by Crippen LogP contribution is -2.42. The van der Waals surface area contributed by atoms with Gasteiger partial charge < -0.3 is 10.2 Å². The fraction of sp³-hybridized carbons (Fsp3) is 0.429. The minimum Gasteiger partial charge on any atom is -0.480 e. The molecule has 0 fully saturated rings. The molecule has 0 aliphatic carbocycles. The molecule has 6 heteroatoms. The molecule has 1 aliphatic heterocycles. The second kappa shape index (κ2) is 2.74. The molecule has 0 bridgehead atoms.